The molecule has 1 aromatic rings. The number of nitrogens with one attached hydrogen (secondary N) is 1. The molecule has 0 bridgehead atoms. The standard InChI is InChI=1S/C13H20N2O2/c1-11-3-5-12(6-4-11)7-8-14-13(17)15(2)9-10-16/h3-6,16H,7-10H2,1-2H3,(H,14,17). The molecule has 4 nitrogen and oxygen atoms in total. The van der Waals surface area contributed by atoms with Crippen LogP contribution in [0.1, 0.15) is 11.1 Å². The van der Waals surface area contributed by atoms with E-state index < -0.39 is 0 Å². The lowest BCUT2D eigenvalue weighted by molar-refractivity contribution is 0.190. The maximum absolute atomic E-state index is 11.5. The van der Waals surface area contributed by atoms with Crippen molar-refractivity contribution in [2.45, 2.75) is 13.3 Å². The first-order valence-electron chi connectivity index (χ1n) is 5.79. The molecular formula is C13H20N2O2. The highest BCUT2D eigenvalue weighted by atomic mass is 16.3. The van der Waals surface area contributed by atoms with E-state index in [2.05, 4.69) is 36.5 Å². The Morgan fingerprint density at radius 2 is 2.00 bits per heavy atom. The number of aryl methyl sites for hydroxylation is 1. The summed E-state index contributed by atoms with van der Waals surface area (Å²) < 4.78 is 0. The number of aliphatic hydroxyl groups excluding tert-OH is 1. The van der Waals surface area contributed by atoms with E-state index in [0.29, 0.717) is 13.1 Å². The highest BCUT2D eigenvalue weighted by molar-refractivity contribution is 5.73. The smallest absolute Gasteiger partial charge is 0.317 e. The highest BCUT2D eigenvalue weighted by Gasteiger charge is 2.05. The van der Waals surface area contributed by atoms with Crippen LogP contribution in [0.2, 0.25) is 0 Å². The molecule has 0 heterocycles. The average Bonchev–Trinajstić information content (AvgIpc) is 2.32. The molecule has 17 heavy (non-hydrogen) atoms. The fourth-order valence-electron chi connectivity index (χ4n) is 1.46. The Balaban J connectivity index is 2.28. The third kappa shape index (κ3) is 4.87. The van der Waals surface area contributed by atoms with Gasteiger partial charge in [0.25, 0.3) is 0 Å². The maximum atomic E-state index is 11.5. The second kappa shape index (κ2) is 6.91. The Bertz CT molecular complexity index is 349. The number of likely N-dealkylation sites (N-methyl/N-ethyl adjacent to an activating group) is 1. The number of benzene rings is 1. The van der Waals surface area contributed by atoms with Gasteiger partial charge in [-0.3, -0.25) is 0 Å². The van der Waals surface area contributed by atoms with Crippen LogP contribution in [-0.2, 0) is 6.42 Å². The van der Waals surface area contributed by atoms with Gasteiger partial charge in [0.05, 0.1) is 6.61 Å². The molecule has 1 rings (SSSR count). The zero-order chi connectivity index (χ0) is 12.7. The predicted molar refractivity (Wildman–Crippen MR) is 68.0 cm³/mol. The van der Waals surface area contributed by atoms with Crippen molar-refractivity contribution in [3.05, 3.63) is 35.4 Å². The molecule has 0 radical (unpaired) electrons. The third-order valence-electron chi connectivity index (χ3n) is 2.59. The van der Waals surface area contributed by atoms with Crippen molar-refractivity contribution < 1.29 is 9.90 Å². The Kier molecular flexibility index (Phi) is 5.49. The summed E-state index contributed by atoms with van der Waals surface area (Å²) in [6, 6.07) is 8.12. The van der Waals surface area contributed by atoms with Crippen LogP contribution in [0, 0.1) is 6.92 Å². The van der Waals surface area contributed by atoms with Gasteiger partial charge in [-0.05, 0) is 18.9 Å². The van der Waals surface area contributed by atoms with Gasteiger partial charge in [-0.1, -0.05) is 29.8 Å². The molecule has 0 aromatic heterocycles. The molecule has 1 aromatic carbocycles. The van der Waals surface area contributed by atoms with Gasteiger partial charge in [0.1, 0.15) is 0 Å². The number of nitrogens with zero attached hydrogens (tertiary/aromatic N) is 1. The van der Waals surface area contributed by atoms with E-state index in [0.717, 1.165) is 6.42 Å². The lowest BCUT2D eigenvalue weighted by Crippen LogP contribution is -2.39. The predicted octanol–water partition coefficient (Wildman–Crippen LogP) is 1.17. The van der Waals surface area contributed by atoms with Crippen LogP contribution in [0.5, 0.6) is 0 Å². The Labute approximate surface area is 102 Å². The Morgan fingerprint density at radius 1 is 1.35 bits per heavy atom. The normalized spacial score (nSPS) is 10.1. The minimum Gasteiger partial charge on any atom is -0.395 e. The second-order valence-electron chi connectivity index (χ2n) is 4.11. The zero-order valence-corrected chi connectivity index (χ0v) is 10.4. The van der Waals surface area contributed by atoms with Crippen LogP contribution in [-0.4, -0.2) is 42.8 Å². The summed E-state index contributed by atoms with van der Waals surface area (Å²) in [6.07, 6.45) is 0.818. The first-order chi connectivity index (χ1) is 8.13. The fourth-order valence-corrected chi connectivity index (χ4v) is 1.46. The number of carbonyl (C=O) groups excluding carboxylic acids is 1. The fraction of sp³-hybridized carbons (Fsp3) is 0.462. The number of hydrogen-bond donors (Lipinski definition) is 2. The molecule has 0 atom stereocenters. The maximum Gasteiger partial charge on any atom is 0.317 e. The van der Waals surface area contributed by atoms with Crippen molar-refractivity contribution >= 4 is 6.03 Å². The van der Waals surface area contributed by atoms with E-state index in [-0.39, 0.29) is 12.6 Å². The number of aliphatic hydroxyl groups is 1. The first-order valence-corrected chi connectivity index (χ1v) is 5.79. The molecule has 0 spiro atoms. The van der Waals surface area contributed by atoms with Crippen molar-refractivity contribution in [2.24, 2.45) is 0 Å². The van der Waals surface area contributed by atoms with Gasteiger partial charge in [-0.25, -0.2) is 4.79 Å². The molecule has 0 aliphatic heterocycles. The van der Waals surface area contributed by atoms with Gasteiger partial charge in [0.15, 0.2) is 0 Å². The van der Waals surface area contributed by atoms with Gasteiger partial charge in [-0.15, -0.1) is 0 Å². The van der Waals surface area contributed by atoms with Crippen molar-refractivity contribution in [1.82, 2.24) is 10.2 Å². The number of hydrogen-bond acceptors (Lipinski definition) is 2. The number of urea groups is 1. The SMILES string of the molecule is Cc1ccc(CCNC(=O)N(C)CCO)cc1. The van der Waals surface area contributed by atoms with Crippen LogP contribution < -0.4 is 5.32 Å². The molecule has 0 saturated carbocycles. The minimum absolute atomic E-state index is 0.0120. The lowest BCUT2D eigenvalue weighted by atomic mass is 10.1. The number of carbonyl (C=O) groups is 1. The summed E-state index contributed by atoms with van der Waals surface area (Å²) in [7, 11) is 1.66. The van der Waals surface area contributed by atoms with Crippen molar-refractivity contribution in [3.63, 3.8) is 0 Å². The van der Waals surface area contributed by atoms with Crippen molar-refractivity contribution in [2.75, 3.05) is 26.7 Å². The lowest BCUT2D eigenvalue weighted by Gasteiger charge is -2.16. The molecule has 0 saturated heterocycles. The van der Waals surface area contributed by atoms with E-state index in [4.69, 9.17) is 5.11 Å². The monoisotopic (exact) mass is 236 g/mol. The molecule has 0 fully saturated rings. The minimum atomic E-state index is -0.147. The first kappa shape index (κ1) is 13.5. The van der Waals surface area contributed by atoms with Crippen LogP contribution >= 0.6 is 0 Å². The molecule has 2 N–H and O–H groups in total. The van der Waals surface area contributed by atoms with E-state index in [1.54, 1.807) is 7.05 Å². The van der Waals surface area contributed by atoms with Crippen LogP contribution in [0.4, 0.5) is 4.79 Å². The van der Waals surface area contributed by atoms with E-state index >= 15 is 0 Å². The highest BCUT2D eigenvalue weighted by Crippen LogP contribution is 2.03. The molecular weight excluding hydrogens is 216 g/mol. The van der Waals surface area contributed by atoms with Crippen LogP contribution in [0.25, 0.3) is 0 Å². The zero-order valence-electron chi connectivity index (χ0n) is 10.4. The molecule has 94 valence electrons. The number of rotatable bonds is 5. The number of amides is 2. The second-order valence-corrected chi connectivity index (χ2v) is 4.11. The Morgan fingerprint density at radius 3 is 2.59 bits per heavy atom. The molecule has 0 aliphatic carbocycles. The molecule has 4 heteroatoms. The molecule has 2 amide bonds. The summed E-state index contributed by atoms with van der Waals surface area (Å²) in [5.74, 6) is 0. The van der Waals surface area contributed by atoms with Gasteiger partial charge < -0.3 is 15.3 Å². The molecule has 0 aliphatic rings. The van der Waals surface area contributed by atoms with Crippen molar-refractivity contribution in [1.29, 1.82) is 0 Å². The van der Waals surface area contributed by atoms with Crippen LogP contribution in [0.15, 0.2) is 24.3 Å². The topological polar surface area (TPSA) is 52.6 Å². The Hall–Kier alpha value is -1.55. The largest absolute Gasteiger partial charge is 0.395 e. The quantitative estimate of drug-likeness (QED) is 0.806. The van der Waals surface area contributed by atoms with Crippen molar-refractivity contribution in [3.8, 4) is 0 Å². The van der Waals surface area contributed by atoms with Gasteiger partial charge >= 0.3 is 6.03 Å². The average molecular weight is 236 g/mol. The van der Waals surface area contributed by atoms with Crippen LogP contribution in [0.3, 0.4) is 0 Å². The van der Waals surface area contributed by atoms with E-state index in [9.17, 15) is 4.79 Å². The summed E-state index contributed by atoms with van der Waals surface area (Å²) in [5.41, 5.74) is 2.45. The summed E-state index contributed by atoms with van der Waals surface area (Å²) in [4.78, 5) is 12.9. The van der Waals surface area contributed by atoms with E-state index in [1.165, 1.54) is 16.0 Å². The summed E-state index contributed by atoms with van der Waals surface area (Å²) in [6.45, 7) is 3.01. The third-order valence-corrected chi connectivity index (χ3v) is 2.59. The molecule has 0 unspecified atom stereocenters. The van der Waals surface area contributed by atoms with Gasteiger partial charge in [0, 0.05) is 20.1 Å². The summed E-state index contributed by atoms with van der Waals surface area (Å²) in [5, 5.41) is 11.5. The van der Waals surface area contributed by atoms with Gasteiger partial charge in [-0.2, -0.15) is 0 Å². The van der Waals surface area contributed by atoms with E-state index in [1.807, 2.05) is 0 Å². The summed E-state index contributed by atoms with van der Waals surface area (Å²) >= 11 is 0. The van der Waals surface area contributed by atoms with Gasteiger partial charge in [0.2, 0.25) is 0 Å².